The molecule has 1 aromatic rings. The Bertz CT molecular complexity index is 454. The smallest absolute Gasteiger partial charge is 0.322 e. The summed E-state index contributed by atoms with van der Waals surface area (Å²) in [7, 11) is 0. The first kappa shape index (κ1) is 12.6. The third-order valence-electron chi connectivity index (χ3n) is 4.05. The van der Waals surface area contributed by atoms with Crippen LogP contribution >= 0.6 is 0 Å². The summed E-state index contributed by atoms with van der Waals surface area (Å²) >= 11 is 0. The molecule has 1 unspecified atom stereocenters. The minimum Gasteiger partial charge on any atom is -0.480 e. The van der Waals surface area contributed by atoms with E-state index in [1.165, 1.54) is 24.0 Å². The molecular formula is C15H20N2O2. The lowest BCUT2D eigenvalue weighted by Crippen LogP contribution is -2.54. The molecule has 1 aliphatic carbocycles. The zero-order valence-corrected chi connectivity index (χ0v) is 11.0. The number of carbonyl (C=O) groups is 1. The van der Waals surface area contributed by atoms with Crippen LogP contribution in [0.15, 0.2) is 24.3 Å². The van der Waals surface area contributed by atoms with E-state index in [2.05, 4.69) is 29.6 Å². The van der Waals surface area contributed by atoms with Crippen molar-refractivity contribution in [1.29, 1.82) is 0 Å². The van der Waals surface area contributed by atoms with Crippen molar-refractivity contribution in [2.75, 3.05) is 19.6 Å². The van der Waals surface area contributed by atoms with Crippen LogP contribution in [0.4, 0.5) is 0 Å². The quantitative estimate of drug-likeness (QED) is 0.859. The number of carboxylic acid groups (broad SMARTS) is 1. The molecule has 0 radical (unpaired) electrons. The van der Waals surface area contributed by atoms with Crippen LogP contribution in [0.1, 0.15) is 29.9 Å². The summed E-state index contributed by atoms with van der Waals surface area (Å²) in [5.74, 6) is 0.0433. The minimum atomic E-state index is -0.734. The molecule has 102 valence electrons. The van der Waals surface area contributed by atoms with E-state index in [0.717, 1.165) is 25.6 Å². The maximum atomic E-state index is 11.2. The largest absolute Gasteiger partial charge is 0.480 e. The van der Waals surface area contributed by atoms with Crippen LogP contribution in [0.2, 0.25) is 0 Å². The number of piperazine rings is 1. The van der Waals surface area contributed by atoms with Crippen molar-refractivity contribution in [3.8, 4) is 0 Å². The predicted molar refractivity (Wildman–Crippen MR) is 73.1 cm³/mol. The van der Waals surface area contributed by atoms with Gasteiger partial charge in [-0.15, -0.1) is 0 Å². The molecule has 1 aliphatic heterocycles. The minimum absolute atomic E-state index is 0.406. The molecule has 1 atom stereocenters. The van der Waals surface area contributed by atoms with Gasteiger partial charge in [-0.05, 0) is 29.9 Å². The Balaban J connectivity index is 1.66. The molecule has 2 N–H and O–H groups in total. The number of nitrogens with one attached hydrogen (secondary N) is 1. The van der Waals surface area contributed by atoms with Crippen molar-refractivity contribution >= 4 is 5.97 Å². The molecule has 0 aromatic heterocycles. The third kappa shape index (κ3) is 2.96. The fraction of sp³-hybridized carbons (Fsp3) is 0.533. The van der Waals surface area contributed by atoms with Crippen molar-refractivity contribution in [3.63, 3.8) is 0 Å². The number of nitrogens with zero attached hydrogens (tertiary/aromatic N) is 1. The Morgan fingerprint density at radius 2 is 2.05 bits per heavy atom. The summed E-state index contributed by atoms with van der Waals surface area (Å²) in [5.41, 5.74) is 2.64. The highest BCUT2D eigenvalue weighted by Gasteiger charge is 2.28. The number of aliphatic carboxylic acids is 1. The van der Waals surface area contributed by atoms with Gasteiger partial charge < -0.3 is 10.4 Å². The lowest BCUT2D eigenvalue weighted by molar-refractivity contribution is -0.144. The van der Waals surface area contributed by atoms with Crippen LogP contribution < -0.4 is 5.32 Å². The van der Waals surface area contributed by atoms with Gasteiger partial charge in [-0.3, -0.25) is 9.69 Å². The van der Waals surface area contributed by atoms with Crippen molar-refractivity contribution < 1.29 is 9.90 Å². The molecule has 2 fully saturated rings. The SMILES string of the molecule is O=C(O)C1CNCCN1Cc1ccc(C2CC2)cc1. The lowest BCUT2D eigenvalue weighted by Gasteiger charge is -2.33. The Morgan fingerprint density at radius 3 is 2.68 bits per heavy atom. The summed E-state index contributed by atoms with van der Waals surface area (Å²) in [6, 6.07) is 8.29. The molecule has 0 bridgehead atoms. The van der Waals surface area contributed by atoms with E-state index in [1.54, 1.807) is 0 Å². The van der Waals surface area contributed by atoms with E-state index in [9.17, 15) is 9.90 Å². The number of rotatable bonds is 4. The van der Waals surface area contributed by atoms with Crippen molar-refractivity contribution in [2.24, 2.45) is 0 Å². The molecule has 1 saturated carbocycles. The second kappa shape index (κ2) is 5.31. The summed E-state index contributed by atoms with van der Waals surface area (Å²) < 4.78 is 0. The monoisotopic (exact) mass is 260 g/mol. The van der Waals surface area contributed by atoms with Gasteiger partial charge in [-0.2, -0.15) is 0 Å². The highest BCUT2D eigenvalue weighted by molar-refractivity contribution is 5.74. The van der Waals surface area contributed by atoms with E-state index in [-0.39, 0.29) is 0 Å². The second-order valence-electron chi connectivity index (χ2n) is 5.54. The van der Waals surface area contributed by atoms with Crippen LogP contribution in [0.25, 0.3) is 0 Å². The summed E-state index contributed by atoms with van der Waals surface area (Å²) in [6.45, 7) is 2.92. The van der Waals surface area contributed by atoms with Crippen LogP contribution in [-0.2, 0) is 11.3 Å². The predicted octanol–water partition coefficient (Wildman–Crippen LogP) is 1.42. The molecule has 1 heterocycles. The van der Waals surface area contributed by atoms with Gasteiger partial charge in [0.25, 0.3) is 0 Å². The molecular weight excluding hydrogens is 240 g/mol. The normalized spacial score (nSPS) is 24.3. The molecule has 1 aromatic carbocycles. The topological polar surface area (TPSA) is 52.6 Å². The maximum absolute atomic E-state index is 11.2. The Labute approximate surface area is 113 Å². The van der Waals surface area contributed by atoms with E-state index in [4.69, 9.17) is 0 Å². The first-order valence-electron chi connectivity index (χ1n) is 7.00. The lowest BCUT2D eigenvalue weighted by atomic mass is 10.1. The van der Waals surface area contributed by atoms with Gasteiger partial charge in [0.2, 0.25) is 0 Å². The Hall–Kier alpha value is -1.39. The fourth-order valence-corrected chi connectivity index (χ4v) is 2.73. The zero-order valence-electron chi connectivity index (χ0n) is 11.0. The maximum Gasteiger partial charge on any atom is 0.322 e. The highest BCUT2D eigenvalue weighted by Crippen LogP contribution is 2.39. The second-order valence-corrected chi connectivity index (χ2v) is 5.54. The van der Waals surface area contributed by atoms with E-state index in [0.29, 0.717) is 6.54 Å². The molecule has 0 spiro atoms. The van der Waals surface area contributed by atoms with Crippen LogP contribution in [0.3, 0.4) is 0 Å². The van der Waals surface area contributed by atoms with Crippen molar-refractivity contribution in [1.82, 2.24) is 10.2 Å². The molecule has 4 heteroatoms. The summed E-state index contributed by atoms with van der Waals surface area (Å²) in [5, 5.41) is 12.4. The van der Waals surface area contributed by atoms with Crippen molar-refractivity contribution in [2.45, 2.75) is 31.3 Å². The van der Waals surface area contributed by atoms with Gasteiger partial charge in [-0.25, -0.2) is 0 Å². The van der Waals surface area contributed by atoms with E-state index in [1.807, 2.05) is 4.90 Å². The van der Waals surface area contributed by atoms with Gasteiger partial charge in [-0.1, -0.05) is 24.3 Å². The first-order chi connectivity index (χ1) is 9.24. The standard InChI is InChI=1S/C15H20N2O2/c18-15(19)14-9-16-7-8-17(14)10-11-1-3-12(4-2-11)13-5-6-13/h1-4,13-14,16H,5-10H2,(H,18,19). The van der Waals surface area contributed by atoms with Crippen LogP contribution in [0, 0.1) is 0 Å². The van der Waals surface area contributed by atoms with Crippen LogP contribution in [0.5, 0.6) is 0 Å². The van der Waals surface area contributed by atoms with Gasteiger partial charge in [0.15, 0.2) is 0 Å². The Morgan fingerprint density at radius 1 is 1.32 bits per heavy atom. The van der Waals surface area contributed by atoms with Gasteiger partial charge in [0, 0.05) is 26.2 Å². The molecule has 2 aliphatic rings. The molecule has 3 rings (SSSR count). The van der Waals surface area contributed by atoms with E-state index < -0.39 is 12.0 Å². The average Bonchev–Trinajstić information content (AvgIpc) is 3.24. The molecule has 0 amide bonds. The molecule has 19 heavy (non-hydrogen) atoms. The number of benzene rings is 1. The van der Waals surface area contributed by atoms with Gasteiger partial charge in [0.05, 0.1) is 0 Å². The molecule has 4 nitrogen and oxygen atoms in total. The van der Waals surface area contributed by atoms with E-state index >= 15 is 0 Å². The van der Waals surface area contributed by atoms with Crippen LogP contribution in [-0.4, -0.2) is 41.7 Å². The fourth-order valence-electron chi connectivity index (χ4n) is 2.73. The first-order valence-corrected chi connectivity index (χ1v) is 7.00. The van der Waals surface area contributed by atoms with Crippen molar-refractivity contribution in [3.05, 3.63) is 35.4 Å². The third-order valence-corrected chi connectivity index (χ3v) is 4.05. The number of hydrogen-bond acceptors (Lipinski definition) is 3. The van der Waals surface area contributed by atoms with Gasteiger partial charge >= 0.3 is 5.97 Å². The summed E-state index contributed by atoms with van der Waals surface area (Å²) in [6.07, 6.45) is 2.64. The zero-order chi connectivity index (χ0) is 13.2. The average molecular weight is 260 g/mol. The molecule has 1 saturated heterocycles. The summed E-state index contributed by atoms with van der Waals surface area (Å²) in [4.78, 5) is 13.3. The number of hydrogen-bond donors (Lipinski definition) is 2. The number of carboxylic acids is 1. The van der Waals surface area contributed by atoms with Gasteiger partial charge in [0.1, 0.15) is 6.04 Å². The Kier molecular flexibility index (Phi) is 3.53. The highest BCUT2D eigenvalue weighted by atomic mass is 16.4.